The Kier molecular flexibility index (Phi) is 4.36. The van der Waals surface area contributed by atoms with E-state index in [0.717, 1.165) is 11.0 Å². The number of nitrogens with one attached hydrogen (secondary N) is 1. The first-order chi connectivity index (χ1) is 11.8. The molecule has 0 fully saturated rings. The van der Waals surface area contributed by atoms with Crippen molar-refractivity contribution < 1.29 is 17.6 Å². The molecule has 1 atom stereocenters. The molecule has 0 aliphatic carbocycles. The number of hydrogen-bond donors (Lipinski definition) is 2. The molecule has 0 aliphatic heterocycles. The maximum Gasteiger partial charge on any atom is 0.252 e. The standard InChI is InChI=1S/C18H18N2O4S/c1-11-7-8-14(25(19,22)23)10-15(11)18(21)20-12(2)17-9-13-5-3-4-6-16(13)24-17/h3-10,12H,1-2H3,(H,20,21)(H2,19,22,23)/t12-/m1/s1. The van der Waals surface area contributed by atoms with Crippen molar-refractivity contribution in [1.82, 2.24) is 5.32 Å². The van der Waals surface area contributed by atoms with Crippen LogP contribution in [0.1, 0.15) is 34.6 Å². The molecule has 130 valence electrons. The normalized spacial score (nSPS) is 12.9. The predicted molar refractivity (Wildman–Crippen MR) is 94.6 cm³/mol. The molecule has 1 aromatic heterocycles. The predicted octanol–water partition coefficient (Wildman–Crippen LogP) is 2.88. The summed E-state index contributed by atoms with van der Waals surface area (Å²) in [5.41, 5.74) is 1.65. The second-order valence-corrected chi connectivity index (χ2v) is 7.46. The minimum atomic E-state index is -3.87. The van der Waals surface area contributed by atoms with Crippen LogP contribution >= 0.6 is 0 Å². The highest BCUT2D eigenvalue weighted by molar-refractivity contribution is 7.89. The molecule has 0 unspecified atom stereocenters. The van der Waals surface area contributed by atoms with Gasteiger partial charge in [-0.05, 0) is 43.7 Å². The number of sulfonamides is 1. The second-order valence-electron chi connectivity index (χ2n) is 5.90. The molecule has 0 radical (unpaired) electrons. The Morgan fingerprint density at radius 3 is 2.56 bits per heavy atom. The number of amides is 1. The van der Waals surface area contributed by atoms with Gasteiger partial charge in [0.25, 0.3) is 5.91 Å². The number of nitrogens with two attached hydrogens (primary N) is 1. The van der Waals surface area contributed by atoms with Crippen molar-refractivity contribution in [3.8, 4) is 0 Å². The first-order valence-corrected chi connectivity index (χ1v) is 9.23. The largest absolute Gasteiger partial charge is 0.459 e. The molecule has 0 bridgehead atoms. The van der Waals surface area contributed by atoms with Crippen LogP contribution in [0.15, 0.2) is 57.8 Å². The number of fused-ring (bicyclic) bond motifs is 1. The average Bonchev–Trinajstić information content (AvgIpc) is 2.98. The van der Waals surface area contributed by atoms with Crippen molar-refractivity contribution in [2.24, 2.45) is 5.14 Å². The van der Waals surface area contributed by atoms with E-state index in [1.165, 1.54) is 12.1 Å². The fraction of sp³-hybridized carbons (Fsp3) is 0.167. The molecule has 0 spiro atoms. The number of benzene rings is 2. The minimum absolute atomic E-state index is 0.0976. The Hall–Kier alpha value is -2.64. The van der Waals surface area contributed by atoms with Crippen LogP contribution in [0.2, 0.25) is 0 Å². The van der Waals surface area contributed by atoms with Crippen molar-refractivity contribution in [2.75, 3.05) is 0 Å². The van der Waals surface area contributed by atoms with Crippen LogP contribution in [0.25, 0.3) is 11.0 Å². The quantitative estimate of drug-likeness (QED) is 0.748. The van der Waals surface area contributed by atoms with E-state index in [-0.39, 0.29) is 16.5 Å². The highest BCUT2D eigenvalue weighted by Crippen LogP contribution is 2.24. The Morgan fingerprint density at radius 2 is 1.88 bits per heavy atom. The van der Waals surface area contributed by atoms with Gasteiger partial charge in [-0.25, -0.2) is 13.6 Å². The molecule has 1 amide bonds. The topological polar surface area (TPSA) is 102 Å². The van der Waals surface area contributed by atoms with E-state index in [9.17, 15) is 13.2 Å². The summed E-state index contributed by atoms with van der Waals surface area (Å²) >= 11 is 0. The monoisotopic (exact) mass is 358 g/mol. The van der Waals surface area contributed by atoms with Crippen molar-refractivity contribution in [1.29, 1.82) is 0 Å². The van der Waals surface area contributed by atoms with Crippen LogP contribution in [0.4, 0.5) is 0 Å². The first-order valence-electron chi connectivity index (χ1n) is 7.68. The lowest BCUT2D eigenvalue weighted by Crippen LogP contribution is -2.27. The van der Waals surface area contributed by atoms with E-state index >= 15 is 0 Å². The molecule has 1 heterocycles. The van der Waals surface area contributed by atoms with Gasteiger partial charge in [-0.15, -0.1) is 0 Å². The van der Waals surface area contributed by atoms with Crippen LogP contribution in [-0.2, 0) is 10.0 Å². The molecule has 0 saturated carbocycles. The van der Waals surface area contributed by atoms with E-state index in [2.05, 4.69) is 5.32 Å². The molecule has 2 aromatic carbocycles. The molecule has 25 heavy (non-hydrogen) atoms. The number of hydrogen-bond acceptors (Lipinski definition) is 4. The number of rotatable bonds is 4. The fourth-order valence-corrected chi connectivity index (χ4v) is 3.12. The summed E-state index contributed by atoms with van der Waals surface area (Å²) in [6, 6.07) is 13.3. The average molecular weight is 358 g/mol. The van der Waals surface area contributed by atoms with Crippen LogP contribution in [-0.4, -0.2) is 14.3 Å². The van der Waals surface area contributed by atoms with Gasteiger partial charge in [0.2, 0.25) is 10.0 Å². The number of carbonyl (C=O) groups excluding carboxylic acids is 1. The third-order valence-electron chi connectivity index (χ3n) is 4.00. The van der Waals surface area contributed by atoms with E-state index in [4.69, 9.17) is 9.56 Å². The smallest absolute Gasteiger partial charge is 0.252 e. The molecule has 0 aliphatic rings. The molecule has 6 nitrogen and oxygen atoms in total. The number of aryl methyl sites for hydroxylation is 1. The molecule has 3 aromatic rings. The van der Waals surface area contributed by atoms with Gasteiger partial charge in [0.1, 0.15) is 11.3 Å². The molecule has 0 saturated heterocycles. The Bertz CT molecular complexity index is 1020. The van der Waals surface area contributed by atoms with Crippen LogP contribution in [0.3, 0.4) is 0 Å². The van der Waals surface area contributed by atoms with Gasteiger partial charge in [0, 0.05) is 10.9 Å². The zero-order chi connectivity index (χ0) is 18.2. The zero-order valence-electron chi connectivity index (χ0n) is 13.8. The highest BCUT2D eigenvalue weighted by Gasteiger charge is 2.18. The van der Waals surface area contributed by atoms with Crippen molar-refractivity contribution in [3.63, 3.8) is 0 Å². The summed E-state index contributed by atoms with van der Waals surface area (Å²) in [6.07, 6.45) is 0. The number of para-hydroxylation sites is 1. The van der Waals surface area contributed by atoms with Crippen LogP contribution in [0.5, 0.6) is 0 Å². The van der Waals surface area contributed by atoms with Gasteiger partial charge in [-0.2, -0.15) is 0 Å². The van der Waals surface area contributed by atoms with Crippen LogP contribution in [0, 0.1) is 6.92 Å². The minimum Gasteiger partial charge on any atom is -0.459 e. The van der Waals surface area contributed by atoms with Gasteiger partial charge in [-0.1, -0.05) is 24.3 Å². The van der Waals surface area contributed by atoms with Crippen molar-refractivity contribution >= 4 is 26.9 Å². The summed E-state index contributed by atoms with van der Waals surface area (Å²) in [5.74, 6) is 0.228. The van der Waals surface area contributed by atoms with E-state index < -0.39 is 15.9 Å². The lowest BCUT2D eigenvalue weighted by Gasteiger charge is -2.13. The Labute approximate surface area is 145 Å². The van der Waals surface area contributed by atoms with Gasteiger partial charge in [-0.3, -0.25) is 4.79 Å². The first kappa shape index (κ1) is 17.2. The van der Waals surface area contributed by atoms with Crippen molar-refractivity contribution in [2.45, 2.75) is 24.8 Å². The lowest BCUT2D eigenvalue weighted by atomic mass is 10.1. The van der Waals surface area contributed by atoms with Crippen molar-refractivity contribution in [3.05, 3.63) is 65.4 Å². The molecule has 3 rings (SSSR count). The Balaban J connectivity index is 1.86. The molecular formula is C18H18N2O4S. The molecular weight excluding hydrogens is 340 g/mol. The van der Waals surface area contributed by atoms with Gasteiger partial charge in [0.05, 0.1) is 10.9 Å². The maximum atomic E-state index is 12.6. The van der Waals surface area contributed by atoms with Crippen LogP contribution < -0.4 is 10.5 Å². The summed E-state index contributed by atoms with van der Waals surface area (Å²) in [4.78, 5) is 12.5. The number of furan rings is 1. The maximum absolute atomic E-state index is 12.6. The van der Waals surface area contributed by atoms with E-state index in [0.29, 0.717) is 11.3 Å². The molecule has 3 N–H and O–H groups in total. The van der Waals surface area contributed by atoms with Gasteiger partial charge >= 0.3 is 0 Å². The lowest BCUT2D eigenvalue weighted by molar-refractivity contribution is 0.0935. The fourth-order valence-electron chi connectivity index (χ4n) is 2.58. The summed E-state index contributed by atoms with van der Waals surface area (Å²) in [7, 11) is -3.87. The Morgan fingerprint density at radius 1 is 1.16 bits per heavy atom. The van der Waals surface area contributed by atoms with Gasteiger partial charge < -0.3 is 9.73 Å². The summed E-state index contributed by atoms with van der Waals surface area (Å²) in [6.45, 7) is 3.53. The second kappa shape index (κ2) is 6.34. The van der Waals surface area contributed by atoms with E-state index in [1.807, 2.05) is 30.3 Å². The number of carbonyl (C=O) groups is 1. The molecule has 7 heteroatoms. The zero-order valence-corrected chi connectivity index (χ0v) is 14.6. The highest BCUT2D eigenvalue weighted by atomic mass is 32.2. The third-order valence-corrected chi connectivity index (χ3v) is 4.91. The summed E-state index contributed by atoms with van der Waals surface area (Å²) < 4.78 is 28.7. The summed E-state index contributed by atoms with van der Waals surface area (Å²) in [5, 5.41) is 8.91. The van der Waals surface area contributed by atoms with Gasteiger partial charge in [0.15, 0.2) is 0 Å². The third kappa shape index (κ3) is 3.57. The number of primary sulfonamides is 1. The SMILES string of the molecule is Cc1ccc(S(N)(=O)=O)cc1C(=O)N[C@H](C)c1cc2ccccc2o1. The van der Waals surface area contributed by atoms with E-state index in [1.54, 1.807) is 19.9 Å².